The maximum absolute atomic E-state index is 13.3. The molecule has 0 radical (unpaired) electrons. The first-order valence-electron chi connectivity index (χ1n) is 9.96. The van der Waals surface area contributed by atoms with E-state index in [9.17, 15) is 14.0 Å². The lowest BCUT2D eigenvalue weighted by Gasteiger charge is -2.34. The van der Waals surface area contributed by atoms with Crippen LogP contribution in [0.15, 0.2) is 40.8 Å². The highest BCUT2D eigenvalue weighted by atomic mass is 32.1. The van der Waals surface area contributed by atoms with Crippen LogP contribution < -0.4 is 10.9 Å². The Labute approximate surface area is 172 Å². The second-order valence-corrected chi connectivity index (χ2v) is 8.81. The molecule has 2 heterocycles. The van der Waals surface area contributed by atoms with Crippen LogP contribution in [0.2, 0.25) is 0 Å². The van der Waals surface area contributed by atoms with Crippen LogP contribution in [0.3, 0.4) is 0 Å². The minimum Gasteiger partial charge on any atom is -0.352 e. The SMILES string of the molecule is C[C@@H]1[C@H](C)CCC[C@@H]1NC(=O)Cn1cnc2scc(-c3ccc(F)cc3)c2c1=O. The van der Waals surface area contributed by atoms with Gasteiger partial charge in [-0.15, -0.1) is 11.3 Å². The van der Waals surface area contributed by atoms with Gasteiger partial charge in [-0.1, -0.05) is 38.8 Å². The van der Waals surface area contributed by atoms with Crippen molar-refractivity contribution in [3.63, 3.8) is 0 Å². The number of carbonyl (C=O) groups excluding carboxylic acids is 1. The highest BCUT2D eigenvalue weighted by Crippen LogP contribution is 2.31. The van der Waals surface area contributed by atoms with Crippen molar-refractivity contribution in [1.82, 2.24) is 14.9 Å². The van der Waals surface area contributed by atoms with Gasteiger partial charge >= 0.3 is 0 Å². The van der Waals surface area contributed by atoms with Gasteiger partial charge in [-0.3, -0.25) is 14.2 Å². The molecule has 1 aromatic carbocycles. The van der Waals surface area contributed by atoms with Crippen molar-refractivity contribution >= 4 is 27.5 Å². The van der Waals surface area contributed by atoms with E-state index in [2.05, 4.69) is 24.1 Å². The zero-order chi connectivity index (χ0) is 20.5. The van der Waals surface area contributed by atoms with Crippen LogP contribution in [0.5, 0.6) is 0 Å². The third-order valence-corrected chi connectivity index (χ3v) is 6.97. The molecule has 1 aliphatic rings. The van der Waals surface area contributed by atoms with E-state index in [1.807, 2.05) is 5.38 Å². The second-order valence-electron chi connectivity index (χ2n) is 7.96. The number of rotatable bonds is 4. The molecule has 0 spiro atoms. The summed E-state index contributed by atoms with van der Waals surface area (Å²) in [6.07, 6.45) is 4.71. The van der Waals surface area contributed by atoms with E-state index >= 15 is 0 Å². The number of fused-ring (bicyclic) bond motifs is 1. The fourth-order valence-corrected chi connectivity index (χ4v) is 5.02. The summed E-state index contributed by atoms with van der Waals surface area (Å²) < 4.78 is 14.6. The Kier molecular flexibility index (Phi) is 5.50. The molecule has 3 aromatic rings. The largest absolute Gasteiger partial charge is 0.352 e. The number of amides is 1. The fraction of sp³-hybridized carbons (Fsp3) is 0.409. The van der Waals surface area contributed by atoms with Crippen molar-refractivity contribution < 1.29 is 9.18 Å². The number of hydrogen-bond acceptors (Lipinski definition) is 4. The summed E-state index contributed by atoms with van der Waals surface area (Å²) in [6, 6.07) is 6.17. The van der Waals surface area contributed by atoms with E-state index in [1.54, 1.807) is 12.1 Å². The van der Waals surface area contributed by atoms with E-state index in [1.165, 1.54) is 40.8 Å². The number of benzene rings is 1. The molecule has 29 heavy (non-hydrogen) atoms. The minimum absolute atomic E-state index is 0.0575. The van der Waals surface area contributed by atoms with E-state index in [4.69, 9.17) is 0 Å². The molecule has 0 saturated heterocycles. The Morgan fingerprint density at radius 2 is 2.03 bits per heavy atom. The molecule has 4 rings (SSSR count). The molecule has 0 bridgehead atoms. The summed E-state index contributed by atoms with van der Waals surface area (Å²) in [5.74, 6) is 0.510. The molecule has 1 saturated carbocycles. The van der Waals surface area contributed by atoms with E-state index in [-0.39, 0.29) is 29.9 Å². The minimum atomic E-state index is -0.327. The summed E-state index contributed by atoms with van der Waals surface area (Å²) >= 11 is 1.36. The van der Waals surface area contributed by atoms with Crippen molar-refractivity contribution in [3.05, 3.63) is 52.1 Å². The molecule has 2 aromatic heterocycles. The lowest BCUT2D eigenvalue weighted by atomic mass is 9.78. The Hall–Kier alpha value is -2.54. The van der Waals surface area contributed by atoms with Crippen molar-refractivity contribution in [2.45, 2.75) is 45.7 Å². The van der Waals surface area contributed by atoms with Crippen molar-refractivity contribution in [2.24, 2.45) is 11.8 Å². The predicted octanol–water partition coefficient (Wildman–Crippen LogP) is 4.21. The quantitative estimate of drug-likeness (QED) is 0.697. The molecule has 152 valence electrons. The van der Waals surface area contributed by atoms with Crippen LogP contribution in [-0.2, 0) is 11.3 Å². The van der Waals surface area contributed by atoms with Gasteiger partial charge in [0.2, 0.25) is 5.91 Å². The molecule has 3 atom stereocenters. The van der Waals surface area contributed by atoms with Crippen molar-refractivity contribution in [3.8, 4) is 11.1 Å². The molecule has 0 aliphatic heterocycles. The lowest BCUT2D eigenvalue weighted by Crippen LogP contribution is -2.45. The van der Waals surface area contributed by atoms with Crippen LogP contribution in [0, 0.1) is 17.7 Å². The predicted molar refractivity (Wildman–Crippen MR) is 113 cm³/mol. The monoisotopic (exact) mass is 413 g/mol. The first kappa shape index (κ1) is 19.8. The van der Waals surface area contributed by atoms with E-state index in [0.717, 1.165) is 18.4 Å². The van der Waals surface area contributed by atoms with E-state index < -0.39 is 0 Å². The zero-order valence-electron chi connectivity index (χ0n) is 16.5. The van der Waals surface area contributed by atoms with Gasteiger partial charge in [-0.05, 0) is 36.0 Å². The highest BCUT2D eigenvalue weighted by Gasteiger charge is 2.28. The summed E-state index contributed by atoms with van der Waals surface area (Å²) in [5.41, 5.74) is 1.21. The number of thiophene rings is 1. The molecule has 1 amide bonds. The molecular formula is C22H24FN3O2S. The van der Waals surface area contributed by atoms with Gasteiger partial charge in [0.15, 0.2) is 0 Å². The number of halogens is 1. The first-order valence-corrected chi connectivity index (χ1v) is 10.8. The number of aromatic nitrogens is 2. The first-order chi connectivity index (χ1) is 13.9. The van der Waals surface area contributed by atoms with Gasteiger partial charge < -0.3 is 5.32 Å². The fourth-order valence-electron chi connectivity index (χ4n) is 4.11. The van der Waals surface area contributed by atoms with Gasteiger partial charge in [0.05, 0.1) is 11.7 Å². The van der Waals surface area contributed by atoms with Gasteiger partial charge in [0, 0.05) is 17.0 Å². The number of hydrogen-bond donors (Lipinski definition) is 1. The van der Waals surface area contributed by atoms with Crippen LogP contribution in [-0.4, -0.2) is 21.5 Å². The smallest absolute Gasteiger partial charge is 0.263 e. The second kappa shape index (κ2) is 8.06. The van der Waals surface area contributed by atoms with E-state index in [0.29, 0.717) is 27.6 Å². The molecule has 1 N–H and O–H groups in total. The van der Waals surface area contributed by atoms with Crippen molar-refractivity contribution in [2.75, 3.05) is 0 Å². The topological polar surface area (TPSA) is 64.0 Å². The average molecular weight is 414 g/mol. The Morgan fingerprint density at radius 1 is 1.28 bits per heavy atom. The molecule has 1 aliphatic carbocycles. The van der Waals surface area contributed by atoms with Gasteiger partial charge in [0.25, 0.3) is 5.56 Å². The van der Waals surface area contributed by atoms with Crippen molar-refractivity contribution in [1.29, 1.82) is 0 Å². The Bertz CT molecular complexity index is 1090. The lowest BCUT2D eigenvalue weighted by molar-refractivity contribution is -0.123. The van der Waals surface area contributed by atoms with Gasteiger partial charge in [0.1, 0.15) is 17.2 Å². The maximum atomic E-state index is 13.3. The third kappa shape index (κ3) is 3.96. The Morgan fingerprint density at radius 3 is 2.79 bits per heavy atom. The van der Waals surface area contributed by atoms with Crippen LogP contribution in [0.4, 0.5) is 4.39 Å². The molecular weight excluding hydrogens is 389 g/mol. The number of nitrogens with one attached hydrogen (secondary N) is 1. The normalized spacial score (nSPS) is 22.0. The zero-order valence-corrected chi connectivity index (χ0v) is 17.3. The average Bonchev–Trinajstić information content (AvgIpc) is 3.13. The van der Waals surface area contributed by atoms with Crippen LogP contribution in [0.1, 0.15) is 33.1 Å². The summed E-state index contributed by atoms with van der Waals surface area (Å²) in [4.78, 5) is 30.7. The third-order valence-electron chi connectivity index (χ3n) is 6.08. The summed E-state index contributed by atoms with van der Waals surface area (Å²) in [6.45, 7) is 4.34. The van der Waals surface area contributed by atoms with Crippen LogP contribution >= 0.6 is 11.3 Å². The number of carbonyl (C=O) groups is 1. The summed E-state index contributed by atoms with van der Waals surface area (Å²) in [5, 5.41) is 5.42. The summed E-state index contributed by atoms with van der Waals surface area (Å²) in [7, 11) is 0. The number of nitrogens with zero attached hydrogens (tertiary/aromatic N) is 2. The van der Waals surface area contributed by atoms with Gasteiger partial charge in [-0.25, -0.2) is 9.37 Å². The standard InChI is InChI=1S/C22H24FN3O2S/c1-13-4-3-5-18(14(13)2)25-19(27)10-26-12-24-21-20(22(26)28)17(11-29-21)15-6-8-16(23)9-7-15/h6-9,11-14,18H,3-5,10H2,1-2H3,(H,25,27)/t13-,14-,18+/m1/s1. The molecule has 5 nitrogen and oxygen atoms in total. The van der Waals surface area contributed by atoms with Crippen LogP contribution in [0.25, 0.3) is 21.3 Å². The maximum Gasteiger partial charge on any atom is 0.263 e. The Balaban J connectivity index is 1.59. The molecule has 1 fully saturated rings. The molecule has 0 unspecified atom stereocenters. The van der Waals surface area contributed by atoms with Gasteiger partial charge in [-0.2, -0.15) is 0 Å². The molecule has 7 heteroatoms. The highest BCUT2D eigenvalue weighted by molar-refractivity contribution is 7.17.